The SMILES string of the molecule is CCC(C)Oc1c(Cl)cc(C=NNC(=O)COc2cccc(N(C)C)c2)cc1OC. The maximum Gasteiger partial charge on any atom is 0.277 e. The van der Waals surface area contributed by atoms with E-state index in [0.29, 0.717) is 27.8 Å². The Hall–Kier alpha value is -2.93. The van der Waals surface area contributed by atoms with E-state index >= 15 is 0 Å². The summed E-state index contributed by atoms with van der Waals surface area (Å²) < 4.78 is 16.7. The maximum absolute atomic E-state index is 12.0. The van der Waals surface area contributed by atoms with Crippen LogP contribution >= 0.6 is 11.6 Å². The molecule has 0 aliphatic heterocycles. The van der Waals surface area contributed by atoms with Crippen molar-refractivity contribution in [1.29, 1.82) is 0 Å². The van der Waals surface area contributed by atoms with Crippen LogP contribution in [0.1, 0.15) is 25.8 Å². The number of methoxy groups -OCH3 is 1. The summed E-state index contributed by atoms with van der Waals surface area (Å²) in [6.07, 6.45) is 2.33. The molecule has 0 saturated carbocycles. The van der Waals surface area contributed by atoms with Gasteiger partial charge in [-0.15, -0.1) is 0 Å². The zero-order chi connectivity index (χ0) is 22.1. The predicted molar refractivity (Wildman–Crippen MR) is 120 cm³/mol. The van der Waals surface area contributed by atoms with E-state index in [4.69, 9.17) is 25.8 Å². The van der Waals surface area contributed by atoms with E-state index in [2.05, 4.69) is 10.5 Å². The topological polar surface area (TPSA) is 72.4 Å². The van der Waals surface area contributed by atoms with Crippen molar-refractivity contribution in [3.63, 3.8) is 0 Å². The van der Waals surface area contributed by atoms with Gasteiger partial charge in [-0.25, -0.2) is 5.43 Å². The fourth-order valence-corrected chi connectivity index (χ4v) is 2.69. The monoisotopic (exact) mass is 433 g/mol. The van der Waals surface area contributed by atoms with Gasteiger partial charge in [-0.05, 0) is 43.2 Å². The van der Waals surface area contributed by atoms with Gasteiger partial charge in [0.15, 0.2) is 18.1 Å². The van der Waals surface area contributed by atoms with Crippen molar-refractivity contribution in [2.24, 2.45) is 5.10 Å². The van der Waals surface area contributed by atoms with Crippen molar-refractivity contribution in [2.45, 2.75) is 26.4 Å². The number of rotatable bonds is 10. The molecule has 0 radical (unpaired) electrons. The van der Waals surface area contributed by atoms with Crippen LogP contribution in [0.4, 0.5) is 5.69 Å². The molecule has 2 aromatic carbocycles. The van der Waals surface area contributed by atoms with Crippen molar-refractivity contribution < 1.29 is 19.0 Å². The number of halogens is 1. The quantitative estimate of drug-likeness (QED) is 0.450. The molecule has 162 valence electrons. The summed E-state index contributed by atoms with van der Waals surface area (Å²) in [5.41, 5.74) is 4.08. The van der Waals surface area contributed by atoms with E-state index in [-0.39, 0.29) is 18.6 Å². The van der Waals surface area contributed by atoms with E-state index in [1.807, 2.05) is 51.0 Å². The Bertz CT molecular complexity index is 887. The highest BCUT2D eigenvalue weighted by atomic mass is 35.5. The van der Waals surface area contributed by atoms with Crippen LogP contribution < -0.4 is 24.5 Å². The molecule has 1 amide bonds. The van der Waals surface area contributed by atoms with Crippen LogP contribution in [-0.2, 0) is 4.79 Å². The molecule has 0 aliphatic rings. The smallest absolute Gasteiger partial charge is 0.277 e. The molecular formula is C22H28ClN3O4. The number of hydrogen-bond acceptors (Lipinski definition) is 6. The van der Waals surface area contributed by atoms with Gasteiger partial charge in [-0.2, -0.15) is 5.10 Å². The first-order valence-electron chi connectivity index (χ1n) is 9.60. The molecule has 2 aromatic rings. The van der Waals surface area contributed by atoms with Crippen LogP contribution in [0.3, 0.4) is 0 Å². The number of benzene rings is 2. The van der Waals surface area contributed by atoms with Crippen LogP contribution in [0.5, 0.6) is 17.2 Å². The van der Waals surface area contributed by atoms with Gasteiger partial charge in [-0.3, -0.25) is 4.79 Å². The lowest BCUT2D eigenvalue weighted by atomic mass is 10.2. The first-order chi connectivity index (χ1) is 14.3. The third kappa shape index (κ3) is 6.84. The van der Waals surface area contributed by atoms with Gasteiger partial charge >= 0.3 is 0 Å². The lowest BCUT2D eigenvalue weighted by Crippen LogP contribution is -2.24. The molecule has 0 bridgehead atoms. The fraction of sp³-hybridized carbons (Fsp3) is 0.364. The number of nitrogens with zero attached hydrogens (tertiary/aromatic N) is 2. The van der Waals surface area contributed by atoms with Gasteiger partial charge in [-0.1, -0.05) is 24.6 Å². The van der Waals surface area contributed by atoms with Crippen molar-refractivity contribution in [3.05, 3.63) is 47.0 Å². The summed E-state index contributed by atoms with van der Waals surface area (Å²) in [7, 11) is 5.41. The van der Waals surface area contributed by atoms with Gasteiger partial charge in [0.1, 0.15) is 5.75 Å². The number of nitrogens with one attached hydrogen (secondary N) is 1. The molecule has 30 heavy (non-hydrogen) atoms. The summed E-state index contributed by atoms with van der Waals surface area (Å²) in [4.78, 5) is 13.9. The van der Waals surface area contributed by atoms with Crippen molar-refractivity contribution >= 4 is 29.4 Å². The number of anilines is 1. The van der Waals surface area contributed by atoms with Crippen LogP contribution in [0, 0.1) is 0 Å². The van der Waals surface area contributed by atoms with E-state index in [1.165, 1.54) is 6.21 Å². The van der Waals surface area contributed by atoms with Crippen LogP contribution in [0.2, 0.25) is 5.02 Å². The van der Waals surface area contributed by atoms with Crippen LogP contribution in [0.25, 0.3) is 0 Å². The van der Waals surface area contributed by atoms with Crippen molar-refractivity contribution in [2.75, 3.05) is 32.7 Å². The Labute approximate surface area is 182 Å². The highest BCUT2D eigenvalue weighted by Gasteiger charge is 2.14. The first kappa shape index (κ1) is 23.3. The summed E-state index contributed by atoms with van der Waals surface area (Å²) in [6.45, 7) is 3.83. The summed E-state index contributed by atoms with van der Waals surface area (Å²) in [6, 6.07) is 10.9. The maximum atomic E-state index is 12.0. The molecule has 0 saturated heterocycles. The van der Waals surface area contributed by atoms with E-state index in [0.717, 1.165) is 12.1 Å². The molecule has 2 rings (SSSR count). The average molecular weight is 434 g/mol. The second-order valence-corrected chi connectivity index (χ2v) is 7.25. The molecule has 0 heterocycles. The Kier molecular flexibility index (Phi) is 8.80. The van der Waals surface area contributed by atoms with E-state index in [9.17, 15) is 4.79 Å². The standard InChI is InChI=1S/C22H28ClN3O4/c1-6-15(2)30-22-19(23)10-16(11-20(22)28-5)13-24-25-21(27)14-29-18-9-7-8-17(12-18)26(3)4/h7-13,15H,6,14H2,1-5H3,(H,25,27). The molecule has 0 aromatic heterocycles. The lowest BCUT2D eigenvalue weighted by Gasteiger charge is -2.17. The zero-order valence-corrected chi connectivity index (χ0v) is 18.7. The molecule has 8 heteroatoms. The van der Waals surface area contributed by atoms with Gasteiger partial charge < -0.3 is 19.1 Å². The summed E-state index contributed by atoms with van der Waals surface area (Å²) in [5.74, 6) is 1.22. The fourth-order valence-electron chi connectivity index (χ4n) is 2.42. The third-order valence-electron chi connectivity index (χ3n) is 4.25. The highest BCUT2D eigenvalue weighted by Crippen LogP contribution is 2.37. The Balaban J connectivity index is 1.95. The average Bonchev–Trinajstić information content (AvgIpc) is 2.73. The molecule has 7 nitrogen and oxygen atoms in total. The number of ether oxygens (including phenoxy) is 3. The number of hydrogen-bond donors (Lipinski definition) is 1. The van der Waals surface area contributed by atoms with Gasteiger partial charge in [0.2, 0.25) is 0 Å². The normalized spacial score (nSPS) is 11.8. The molecule has 0 spiro atoms. The van der Waals surface area contributed by atoms with Crippen molar-refractivity contribution in [3.8, 4) is 17.2 Å². The van der Waals surface area contributed by atoms with Crippen LogP contribution in [0.15, 0.2) is 41.5 Å². The number of amides is 1. The summed E-state index contributed by atoms with van der Waals surface area (Å²) in [5, 5.41) is 4.36. The predicted octanol–water partition coefficient (Wildman–Crippen LogP) is 4.12. The highest BCUT2D eigenvalue weighted by molar-refractivity contribution is 6.32. The van der Waals surface area contributed by atoms with Gasteiger partial charge in [0.05, 0.1) is 24.5 Å². The Morgan fingerprint density at radius 1 is 1.30 bits per heavy atom. The Morgan fingerprint density at radius 3 is 2.73 bits per heavy atom. The zero-order valence-electron chi connectivity index (χ0n) is 17.9. The molecule has 0 aliphatic carbocycles. The molecule has 1 unspecified atom stereocenters. The first-order valence-corrected chi connectivity index (χ1v) is 9.98. The van der Waals surface area contributed by atoms with E-state index < -0.39 is 0 Å². The molecule has 1 atom stereocenters. The second-order valence-electron chi connectivity index (χ2n) is 6.84. The minimum atomic E-state index is -0.378. The summed E-state index contributed by atoms with van der Waals surface area (Å²) >= 11 is 6.33. The number of hydrazone groups is 1. The number of carbonyl (C=O) groups excluding carboxylic acids is 1. The minimum Gasteiger partial charge on any atom is -0.493 e. The van der Waals surface area contributed by atoms with Crippen LogP contribution in [-0.4, -0.2) is 46.0 Å². The molecule has 0 fully saturated rings. The minimum absolute atomic E-state index is 0.00799. The van der Waals surface area contributed by atoms with Gasteiger partial charge in [0.25, 0.3) is 5.91 Å². The largest absolute Gasteiger partial charge is 0.493 e. The van der Waals surface area contributed by atoms with Gasteiger partial charge in [0, 0.05) is 25.8 Å². The van der Waals surface area contributed by atoms with Crippen molar-refractivity contribution in [1.82, 2.24) is 5.43 Å². The Morgan fingerprint density at radius 2 is 2.07 bits per heavy atom. The number of carbonyl (C=O) groups is 1. The third-order valence-corrected chi connectivity index (χ3v) is 4.53. The van der Waals surface area contributed by atoms with E-state index in [1.54, 1.807) is 25.3 Å². The molecular weight excluding hydrogens is 406 g/mol. The lowest BCUT2D eigenvalue weighted by molar-refractivity contribution is -0.123. The second kappa shape index (κ2) is 11.3. The molecule has 1 N–H and O–H groups in total.